The third kappa shape index (κ3) is 3.02. The Morgan fingerprint density at radius 3 is 2.56 bits per heavy atom. The van der Waals surface area contributed by atoms with E-state index < -0.39 is 11.4 Å². The van der Waals surface area contributed by atoms with E-state index in [0.29, 0.717) is 34.4 Å². The van der Waals surface area contributed by atoms with Gasteiger partial charge in [0.2, 0.25) is 0 Å². The largest absolute Gasteiger partial charge is 0.481 e. The molecule has 7 nitrogen and oxygen atoms in total. The van der Waals surface area contributed by atoms with Crippen LogP contribution in [-0.2, 0) is 4.79 Å². The number of hydrogen-bond donors (Lipinski definition) is 1. The van der Waals surface area contributed by atoms with Crippen LogP contribution in [0.25, 0.3) is 10.8 Å². The molecule has 2 aromatic rings. The third-order valence-electron chi connectivity index (χ3n) is 4.87. The van der Waals surface area contributed by atoms with Gasteiger partial charge in [-0.3, -0.25) is 9.59 Å². The summed E-state index contributed by atoms with van der Waals surface area (Å²) < 4.78 is 0. The van der Waals surface area contributed by atoms with Gasteiger partial charge in [-0.15, -0.1) is 11.3 Å². The number of aryl methyl sites for hydroxylation is 1. The molecular formula is C17H20N4O3S. The van der Waals surface area contributed by atoms with E-state index in [1.54, 1.807) is 30.3 Å². The lowest BCUT2D eigenvalue weighted by atomic mass is 9.76. The smallest absolute Gasteiger partial charge is 0.311 e. The highest BCUT2D eigenvalue weighted by molar-refractivity contribution is 7.17. The predicted octanol–water partition coefficient (Wildman–Crippen LogP) is 2.48. The van der Waals surface area contributed by atoms with E-state index in [4.69, 9.17) is 0 Å². The highest BCUT2D eigenvalue weighted by Gasteiger charge is 2.48. The first-order valence-electron chi connectivity index (χ1n) is 8.12. The summed E-state index contributed by atoms with van der Waals surface area (Å²) in [4.78, 5) is 39.6. The number of nitrogens with zero attached hydrogens (tertiary/aromatic N) is 4. The molecule has 1 amide bonds. The molecule has 0 radical (unpaired) electrons. The van der Waals surface area contributed by atoms with Crippen LogP contribution in [-0.4, -0.2) is 49.9 Å². The van der Waals surface area contributed by atoms with E-state index in [1.807, 2.05) is 13.8 Å². The normalized spacial score (nSPS) is 20.2. The molecule has 132 valence electrons. The van der Waals surface area contributed by atoms with Gasteiger partial charge in [0.25, 0.3) is 5.91 Å². The summed E-state index contributed by atoms with van der Waals surface area (Å²) in [5.74, 6) is -0.560. The van der Waals surface area contributed by atoms with Gasteiger partial charge >= 0.3 is 5.97 Å². The minimum Gasteiger partial charge on any atom is -0.481 e. The van der Waals surface area contributed by atoms with Gasteiger partial charge in [-0.1, -0.05) is 13.8 Å². The van der Waals surface area contributed by atoms with Crippen LogP contribution < -0.4 is 0 Å². The average Bonchev–Trinajstić information content (AvgIpc) is 3.20. The zero-order valence-corrected chi connectivity index (χ0v) is 15.2. The quantitative estimate of drug-likeness (QED) is 0.900. The zero-order chi connectivity index (χ0) is 18.2. The number of carboxylic acids is 1. The van der Waals surface area contributed by atoms with Crippen LogP contribution in [0.1, 0.15) is 35.6 Å². The molecule has 3 heterocycles. The fourth-order valence-corrected chi connectivity index (χ4v) is 4.13. The van der Waals surface area contributed by atoms with Gasteiger partial charge in [0.15, 0.2) is 10.8 Å². The van der Waals surface area contributed by atoms with Gasteiger partial charge in [0, 0.05) is 25.5 Å². The molecule has 1 unspecified atom stereocenters. The van der Waals surface area contributed by atoms with E-state index >= 15 is 0 Å². The van der Waals surface area contributed by atoms with Crippen LogP contribution in [0.15, 0.2) is 18.5 Å². The molecule has 3 rings (SSSR count). The molecule has 1 saturated heterocycles. The van der Waals surface area contributed by atoms with Crippen molar-refractivity contribution in [2.24, 2.45) is 11.3 Å². The lowest BCUT2D eigenvalue weighted by Crippen LogP contribution is -2.40. The number of thiazole rings is 1. The van der Waals surface area contributed by atoms with E-state index in [2.05, 4.69) is 15.0 Å². The number of carbonyl (C=O) groups is 2. The highest BCUT2D eigenvalue weighted by atomic mass is 32.1. The van der Waals surface area contributed by atoms with E-state index in [1.165, 1.54) is 11.3 Å². The minimum absolute atomic E-state index is 0.0429. The number of likely N-dealkylation sites (tertiary alicyclic amines) is 1. The Balaban J connectivity index is 1.85. The van der Waals surface area contributed by atoms with Crippen molar-refractivity contribution in [1.29, 1.82) is 0 Å². The van der Waals surface area contributed by atoms with Crippen LogP contribution in [0.5, 0.6) is 0 Å². The second kappa shape index (κ2) is 6.51. The number of rotatable bonds is 4. The predicted molar refractivity (Wildman–Crippen MR) is 93.3 cm³/mol. The lowest BCUT2D eigenvalue weighted by Gasteiger charge is -2.28. The molecule has 0 saturated carbocycles. The summed E-state index contributed by atoms with van der Waals surface area (Å²) in [6.07, 6.45) is 3.73. The topological polar surface area (TPSA) is 96.3 Å². The van der Waals surface area contributed by atoms with Gasteiger partial charge in [-0.05, 0) is 25.3 Å². The van der Waals surface area contributed by atoms with Crippen molar-refractivity contribution < 1.29 is 14.7 Å². The first kappa shape index (κ1) is 17.5. The molecule has 0 bridgehead atoms. The minimum atomic E-state index is -0.875. The summed E-state index contributed by atoms with van der Waals surface area (Å²) in [5.41, 5.74) is -0.255. The summed E-state index contributed by atoms with van der Waals surface area (Å²) in [7, 11) is 0. The molecule has 1 fully saturated rings. The van der Waals surface area contributed by atoms with Crippen molar-refractivity contribution in [2.75, 3.05) is 13.1 Å². The maximum absolute atomic E-state index is 12.9. The number of amides is 1. The lowest BCUT2D eigenvalue weighted by molar-refractivity contribution is -0.150. The molecule has 25 heavy (non-hydrogen) atoms. The van der Waals surface area contributed by atoms with Gasteiger partial charge in [-0.2, -0.15) is 0 Å². The van der Waals surface area contributed by atoms with Gasteiger partial charge in [-0.25, -0.2) is 15.0 Å². The summed E-state index contributed by atoms with van der Waals surface area (Å²) >= 11 is 1.25. The number of carbonyl (C=O) groups excluding carboxylic acids is 1. The Labute approximate surface area is 149 Å². The number of hydrogen-bond acceptors (Lipinski definition) is 6. The molecule has 1 atom stereocenters. The van der Waals surface area contributed by atoms with Gasteiger partial charge in [0.05, 0.1) is 11.1 Å². The molecule has 1 aliphatic rings. The van der Waals surface area contributed by atoms with Crippen molar-refractivity contribution in [3.63, 3.8) is 0 Å². The molecule has 0 spiro atoms. The Bertz CT molecular complexity index is 805. The zero-order valence-electron chi connectivity index (χ0n) is 14.4. The first-order valence-corrected chi connectivity index (χ1v) is 8.94. The Morgan fingerprint density at radius 1 is 1.32 bits per heavy atom. The summed E-state index contributed by atoms with van der Waals surface area (Å²) in [6.45, 7) is 6.24. The standard InChI is InChI=1S/C17H20N4O3S/c1-10(2)17(16(23)24)5-8-21(9-17)15(22)12-11(3)20-14(25-12)13-18-6-4-7-19-13/h4,6-7,10H,5,8-9H2,1-3H3,(H,23,24). The van der Waals surface area contributed by atoms with Crippen LogP contribution in [0.2, 0.25) is 0 Å². The second-order valence-corrected chi connectivity index (χ2v) is 7.60. The van der Waals surface area contributed by atoms with Gasteiger partial charge in [0.1, 0.15) is 4.88 Å². The monoisotopic (exact) mass is 360 g/mol. The van der Waals surface area contributed by atoms with Crippen molar-refractivity contribution >= 4 is 23.2 Å². The fraction of sp³-hybridized carbons (Fsp3) is 0.471. The van der Waals surface area contributed by atoms with Crippen molar-refractivity contribution in [1.82, 2.24) is 19.9 Å². The molecule has 2 aromatic heterocycles. The Hall–Kier alpha value is -2.35. The van der Waals surface area contributed by atoms with Crippen LogP contribution >= 0.6 is 11.3 Å². The number of carboxylic acid groups (broad SMARTS) is 1. The molecular weight excluding hydrogens is 340 g/mol. The highest BCUT2D eigenvalue weighted by Crippen LogP contribution is 2.39. The summed E-state index contributed by atoms with van der Waals surface area (Å²) in [5, 5.41) is 10.2. The SMILES string of the molecule is Cc1nc(-c2ncccn2)sc1C(=O)N1CCC(C(=O)O)(C(C)C)C1. The third-order valence-corrected chi connectivity index (χ3v) is 6.01. The second-order valence-electron chi connectivity index (χ2n) is 6.60. The average molecular weight is 360 g/mol. The number of aromatic nitrogens is 3. The Kier molecular flexibility index (Phi) is 4.55. The van der Waals surface area contributed by atoms with Crippen LogP contribution in [0, 0.1) is 18.3 Å². The maximum atomic E-state index is 12.9. The molecule has 0 aliphatic carbocycles. The molecule has 1 aliphatic heterocycles. The van der Waals surface area contributed by atoms with Gasteiger partial charge < -0.3 is 10.0 Å². The summed E-state index contributed by atoms with van der Waals surface area (Å²) in [6, 6.07) is 1.72. The first-order chi connectivity index (χ1) is 11.8. The van der Waals surface area contributed by atoms with E-state index in [-0.39, 0.29) is 18.4 Å². The maximum Gasteiger partial charge on any atom is 0.311 e. The Morgan fingerprint density at radius 2 is 2.00 bits per heavy atom. The van der Waals surface area contributed by atoms with Crippen molar-refractivity contribution in [3.8, 4) is 10.8 Å². The molecule has 0 aromatic carbocycles. The van der Waals surface area contributed by atoms with Crippen molar-refractivity contribution in [3.05, 3.63) is 29.0 Å². The van der Waals surface area contributed by atoms with Crippen molar-refractivity contribution in [2.45, 2.75) is 27.2 Å². The van der Waals surface area contributed by atoms with E-state index in [9.17, 15) is 14.7 Å². The van der Waals surface area contributed by atoms with E-state index in [0.717, 1.165) is 0 Å². The molecule has 8 heteroatoms. The van der Waals surface area contributed by atoms with Crippen LogP contribution in [0.3, 0.4) is 0 Å². The molecule has 1 N–H and O–H groups in total. The van der Waals surface area contributed by atoms with Crippen LogP contribution in [0.4, 0.5) is 0 Å². The number of aliphatic carboxylic acids is 1. The fourth-order valence-electron chi connectivity index (χ4n) is 3.14.